The number of nitriles is 1. The van der Waals surface area contributed by atoms with Crippen LogP contribution in [0.25, 0.3) is 0 Å². The van der Waals surface area contributed by atoms with Gasteiger partial charge >= 0.3 is 6.09 Å². The molecule has 0 fully saturated rings. The number of hydrogen-bond acceptors (Lipinski definition) is 4. The summed E-state index contributed by atoms with van der Waals surface area (Å²) in [6.07, 6.45) is 1.09. The van der Waals surface area contributed by atoms with Gasteiger partial charge in [0.1, 0.15) is 12.9 Å². The van der Waals surface area contributed by atoms with Gasteiger partial charge in [-0.3, -0.25) is 4.90 Å². The fraction of sp³-hybridized carbons (Fsp3) is 0.375. The summed E-state index contributed by atoms with van der Waals surface area (Å²) in [5, 5.41) is 8.19. The van der Waals surface area contributed by atoms with Crippen molar-refractivity contribution in [2.75, 3.05) is 13.2 Å². The molecule has 0 saturated carbocycles. The molecule has 13 heavy (non-hydrogen) atoms. The predicted molar refractivity (Wildman–Crippen MR) is 45.9 cm³/mol. The Morgan fingerprint density at radius 3 is 3.23 bits per heavy atom. The van der Waals surface area contributed by atoms with Crippen LogP contribution in [-0.2, 0) is 4.74 Å². The van der Waals surface area contributed by atoms with Crippen LogP contribution in [0.5, 0.6) is 0 Å². The maximum absolute atomic E-state index is 11.1. The van der Waals surface area contributed by atoms with Crippen LogP contribution in [-0.4, -0.2) is 30.5 Å². The van der Waals surface area contributed by atoms with Crippen molar-refractivity contribution in [2.24, 2.45) is 4.99 Å². The summed E-state index contributed by atoms with van der Waals surface area (Å²) in [7, 11) is 0. The number of nitrogens with zero attached hydrogens (tertiary/aromatic N) is 3. The van der Waals surface area contributed by atoms with Crippen LogP contribution in [0.15, 0.2) is 17.3 Å². The number of aliphatic imine (C=N–C) groups is 1. The second-order valence-electron chi connectivity index (χ2n) is 2.46. The highest BCUT2D eigenvalue weighted by Crippen LogP contribution is 2.05. The van der Waals surface area contributed by atoms with Crippen LogP contribution in [0.2, 0.25) is 0 Å². The second-order valence-corrected chi connectivity index (χ2v) is 2.46. The highest BCUT2D eigenvalue weighted by Gasteiger charge is 2.17. The molecule has 0 aromatic heterocycles. The molecule has 0 saturated heterocycles. The quantitative estimate of drug-likeness (QED) is 0.591. The van der Waals surface area contributed by atoms with Gasteiger partial charge in [0.2, 0.25) is 0 Å². The zero-order valence-electron chi connectivity index (χ0n) is 7.06. The van der Waals surface area contributed by atoms with Gasteiger partial charge < -0.3 is 4.74 Å². The zero-order valence-corrected chi connectivity index (χ0v) is 7.06. The molecule has 1 aliphatic heterocycles. The molecule has 0 atom stereocenters. The van der Waals surface area contributed by atoms with E-state index in [4.69, 9.17) is 10.00 Å². The van der Waals surface area contributed by atoms with Crippen molar-refractivity contribution in [1.29, 1.82) is 5.26 Å². The first-order valence-corrected chi connectivity index (χ1v) is 3.76. The Morgan fingerprint density at radius 1 is 1.92 bits per heavy atom. The van der Waals surface area contributed by atoms with Crippen LogP contribution in [0.4, 0.5) is 4.79 Å². The number of carbonyl (C=O) groups is 1. The number of carbonyl (C=O) groups excluding carboxylic acids is 1. The van der Waals surface area contributed by atoms with Gasteiger partial charge in [0, 0.05) is 0 Å². The fourth-order valence-electron chi connectivity index (χ4n) is 0.808. The van der Waals surface area contributed by atoms with E-state index in [1.807, 2.05) is 6.07 Å². The van der Waals surface area contributed by atoms with Crippen molar-refractivity contribution in [3.05, 3.63) is 12.3 Å². The molecule has 1 amide bonds. The minimum absolute atomic E-state index is 0.117. The van der Waals surface area contributed by atoms with Gasteiger partial charge in [-0.1, -0.05) is 6.58 Å². The molecule has 0 radical (unpaired) electrons. The fourth-order valence-corrected chi connectivity index (χ4v) is 0.808. The number of rotatable bonds is 2. The molecule has 0 spiro atoms. The van der Waals surface area contributed by atoms with Crippen molar-refractivity contribution in [1.82, 2.24) is 4.90 Å². The lowest BCUT2D eigenvalue weighted by Crippen LogP contribution is -2.28. The lowest BCUT2D eigenvalue weighted by Gasteiger charge is -2.10. The van der Waals surface area contributed by atoms with Crippen LogP contribution in [0, 0.1) is 11.3 Å². The van der Waals surface area contributed by atoms with E-state index < -0.39 is 6.09 Å². The van der Waals surface area contributed by atoms with Crippen molar-refractivity contribution >= 4 is 12.4 Å². The van der Waals surface area contributed by atoms with Crippen LogP contribution in [0.3, 0.4) is 0 Å². The number of hydrogen-bond donors (Lipinski definition) is 0. The largest absolute Gasteiger partial charge is 0.448 e. The average Bonchev–Trinajstić information content (AvgIpc) is 2.52. The van der Waals surface area contributed by atoms with E-state index >= 15 is 0 Å². The van der Waals surface area contributed by atoms with Gasteiger partial charge in [0.15, 0.2) is 0 Å². The molecule has 0 aromatic rings. The van der Waals surface area contributed by atoms with E-state index in [0.29, 0.717) is 12.2 Å². The van der Waals surface area contributed by atoms with Gasteiger partial charge in [0.25, 0.3) is 0 Å². The van der Waals surface area contributed by atoms with E-state index in [1.165, 1.54) is 11.2 Å². The first kappa shape index (κ1) is 9.26. The van der Waals surface area contributed by atoms with Crippen LogP contribution < -0.4 is 0 Å². The summed E-state index contributed by atoms with van der Waals surface area (Å²) in [6.45, 7) is 4.07. The summed E-state index contributed by atoms with van der Waals surface area (Å²) in [6, 6.07) is 1.88. The topological polar surface area (TPSA) is 65.7 Å². The van der Waals surface area contributed by atoms with E-state index in [-0.39, 0.29) is 13.0 Å². The number of amides is 1. The standard InChI is InChI=1S/C8H9N3O2/c1-7-5-11(6-10-7)8(12)13-4-2-3-9/h6H,1-2,4-5H2. The molecule has 1 aliphatic rings. The van der Waals surface area contributed by atoms with E-state index in [1.54, 1.807) is 0 Å². The molecule has 0 unspecified atom stereocenters. The molecule has 0 aliphatic carbocycles. The van der Waals surface area contributed by atoms with Gasteiger partial charge in [-0.2, -0.15) is 5.26 Å². The molecule has 5 heteroatoms. The van der Waals surface area contributed by atoms with E-state index in [9.17, 15) is 4.79 Å². The van der Waals surface area contributed by atoms with E-state index in [0.717, 1.165) is 0 Å². The molecule has 0 N–H and O–H groups in total. The minimum Gasteiger partial charge on any atom is -0.448 e. The summed E-state index contributed by atoms with van der Waals surface area (Å²) < 4.78 is 4.75. The number of ether oxygens (including phenoxy) is 1. The minimum atomic E-state index is -0.488. The van der Waals surface area contributed by atoms with Gasteiger partial charge in [-0.05, 0) is 0 Å². The second kappa shape index (κ2) is 4.26. The normalized spacial score (nSPS) is 14.4. The Morgan fingerprint density at radius 2 is 2.69 bits per heavy atom. The molecule has 68 valence electrons. The third kappa shape index (κ3) is 2.60. The first-order chi connectivity index (χ1) is 6.24. The zero-order chi connectivity index (χ0) is 9.68. The Kier molecular flexibility index (Phi) is 3.03. The van der Waals surface area contributed by atoms with E-state index in [2.05, 4.69) is 11.6 Å². The predicted octanol–water partition coefficient (Wildman–Crippen LogP) is 0.894. The highest BCUT2D eigenvalue weighted by molar-refractivity contribution is 5.84. The lowest BCUT2D eigenvalue weighted by atomic mass is 10.5. The Bertz CT molecular complexity index is 290. The third-order valence-electron chi connectivity index (χ3n) is 1.41. The Hall–Kier alpha value is -1.83. The van der Waals surface area contributed by atoms with Crippen molar-refractivity contribution in [3.63, 3.8) is 0 Å². The monoisotopic (exact) mass is 179 g/mol. The average molecular weight is 179 g/mol. The Labute approximate surface area is 75.9 Å². The molecule has 0 bridgehead atoms. The van der Waals surface area contributed by atoms with Gasteiger partial charge in [-0.25, -0.2) is 9.79 Å². The molecule has 1 heterocycles. The van der Waals surface area contributed by atoms with Crippen molar-refractivity contribution in [2.45, 2.75) is 6.42 Å². The van der Waals surface area contributed by atoms with Gasteiger partial charge in [0.05, 0.1) is 24.7 Å². The van der Waals surface area contributed by atoms with Gasteiger partial charge in [-0.15, -0.1) is 0 Å². The van der Waals surface area contributed by atoms with Crippen molar-refractivity contribution < 1.29 is 9.53 Å². The lowest BCUT2D eigenvalue weighted by molar-refractivity contribution is 0.129. The van der Waals surface area contributed by atoms with Crippen molar-refractivity contribution in [3.8, 4) is 6.07 Å². The third-order valence-corrected chi connectivity index (χ3v) is 1.41. The maximum Gasteiger partial charge on any atom is 0.415 e. The molecular weight excluding hydrogens is 170 g/mol. The smallest absolute Gasteiger partial charge is 0.415 e. The molecule has 1 rings (SSSR count). The Balaban J connectivity index is 2.29. The maximum atomic E-state index is 11.1. The summed E-state index contributed by atoms with van der Waals surface area (Å²) in [4.78, 5) is 16.2. The van der Waals surface area contributed by atoms with Crippen LogP contribution in [0.1, 0.15) is 6.42 Å². The first-order valence-electron chi connectivity index (χ1n) is 3.76. The molecule has 5 nitrogen and oxygen atoms in total. The molecule has 0 aromatic carbocycles. The highest BCUT2D eigenvalue weighted by atomic mass is 16.6. The summed E-state index contributed by atoms with van der Waals surface area (Å²) in [5.41, 5.74) is 0.622. The SMILES string of the molecule is C=C1CN(C(=O)OCCC#N)C=N1. The summed E-state index contributed by atoms with van der Waals surface area (Å²) >= 11 is 0. The summed E-state index contributed by atoms with van der Waals surface area (Å²) in [5.74, 6) is 0. The van der Waals surface area contributed by atoms with Crippen LogP contribution >= 0.6 is 0 Å². The molecular formula is C8H9N3O2.